The lowest BCUT2D eigenvalue weighted by molar-refractivity contribution is 0.455. The van der Waals surface area contributed by atoms with Crippen molar-refractivity contribution in [3.8, 4) is 0 Å². The van der Waals surface area contributed by atoms with Gasteiger partial charge >= 0.3 is 0 Å². The fraction of sp³-hybridized carbons (Fsp3) is 0.333. The van der Waals surface area contributed by atoms with Crippen molar-refractivity contribution in [1.82, 2.24) is 0 Å². The van der Waals surface area contributed by atoms with Crippen LogP contribution >= 0.6 is 0 Å². The van der Waals surface area contributed by atoms with Crippen LogP contribution in [0.15, 0.2) is 24.1 Å². The zero-order valence-corrected chi connectivity index (χ0v) is 4.75. The second kappa shape index (κ2) is 3.36. The van der Waals surface area contributed by atoms with Crippen molar-refractivity contribution in [3.05, 3.63) is 24.1 Å². The predicted octanol–water partition coefficient (Wildman–Crippen LogP) is 2.39. The summed E-state index contributed by atoms with van der Waals surface area (Å²) in [7, 11) is 0. The van der Waals surface area contributed by atoms with E-state index in [0.717, 1.165) is 0 Å². The Morgan fingerprint density at radius 2 is 2.25 bits per heavy atom. The number of rotatable bonds is 2. The summed E-state index contributed by atoms with van der Waals surface area (Å²) in [6.45, 7) is 3.71. The average Bonchev–Trinajstić information content (AvgIpc) is 1.84. The minimum atomic E-state index is -1.03. The standard InChI is InChI=1S/C6H8F2/c1-3-5(2)6(8)4-7/h3H,1,4H2,2H3/b6-5-. The highest BCUT2D eigenvalue weighted by molar-refractivity contribution is 5.17. The molecule has 0 amide bonds. The summed E-state index contributed by atoms with van der Waals surface area (Å²) in [6.07, 6.45) is 1.29. The monoisotopic (exact) mass is 118 g/mol. The third-order valence-electron chi connectivity index (χ3n) is 0.851. The molecule has 8 heavy (non-hydrogen) atoms. The number of allylic oxidation sites excluding steroid dienone is 3. The Morgan fingerprint density at radius 3 is 2.38 bits per heavy atom. The van der Waals surface area contributed by atoms with Gasteiger partial charge in [0.15, 0.2) is 0 Å². The normalized spacial score (nSPS) is 12.9. The fourth-order valence-electron chi connectivity index (χ4n) is 0.216. The van der Waals surface area contributed by atoms with E-state index in [1.165, 1.54) is 13.0 Å². The van der Waals surface area contributed by atoms with Crippen LogP contribution in [0.5, 0.6) is 0 Å². The molecule has 0 saturated carbocycles. The van der Waals surface area contributed by atoms with E-state index in [2.05, 4.69) is 6.58 Å². The Kier molecular flexibility index (Phi) is 3.08. The number of hydrogen-bond donors (Lipinski definition) is 0. The number of halogens is 2. The average molecular weight is 118 g/mol. The van der Waals surface area contributed by atoms with Gasteiger partial charge in [-0.1, -0.05) is 12.7 Å². The molecule has 0 fully saturated rings. The summed E-state index contributed by atoms with van der Waals surface area (Å²) in [6, 6.07) is 0. The molecule has 0 radical (unpaired) electrons. The van der Waals surface area contributed by atoms with E-state index in [1.807, 2.05) is 0 Å². The molecule has 0 aliphatic heterocycles. The van der Waals surface area contributed by atoms with E-state index in [1.54, 1.807) is 0 Å². The lowest BCUT2D eigenvalue weighted by Gasteiger charge is -1.89. The minimum Gasteiger partial charge on any atom is -0.243 e. The topological polar surface area (TPSA) is 0 Å². The summed E-state index contributed by atoms with van der Waals surface area (Å²) >= 11 is 0. The van der Waals surface area contributed by atoms with E-state index in [9.17, 15) is 8.78 Å². The van der Waals surface area contributed by atoms with E-state index >= 15 is 0 Å². The van der Waals surface area contributed by atoms with Gasteiger partial charge in [0.25, 0.3) is 0 Å². The molecule has 0 aromatic rings. The van der Waals surface area contributed by atoms with Crippen molar-refractivity contribution >= 4 is 0 Å². The molecule has 0 aliphatic rings. The Bertz CT molecular complexity index is 114. The van der Waals surface area contributed by atoms with E-state index in [0.29, 0.717) is 0 Å². The van der Waals surface area contributed by atoms with Crippen LogP contribution in [0, 0.1) is 0 Å². The third-order valence-corrected chi connectivity index (χ3v) is 0.851. The lowest BCUT2D eigenvalue weighted by atomic mass is 10.3. The maximum absolute atomic E-state index is 12.0. The number of hydrogen-bond acceptors (Lipinski definition) is 0. The quantitative estimate of drug-likeness (QED) is 0.488. The van der Waals surface area contributed by atoms with Crippen LogP contribution in [0.25, 0.3) is 0 Å². The van der Waals surface area contributed by atoms with Crippen molar-refractivity contribution in [3.63, 3.8) is 0 Å². The van der Waals surface area contributed by atoms with Crippen molar-refractivity contribution in [1.29, 1.82) is 0 Å². The molecule has 46 valence electrons. The summed E-state index contributed by atoms with van der Waals surface area (Å²) < 4.78 is 23.3. The highest BCUT2D eigenvalue weighted by atomic mass is 19.2. The van der Waals surface area contributed by atoms with Gasteiger partial charge in [-0.3, -0.25) is 0 Å². The van der Waals surface area contributed by atoms with Gasteiger partial charge in [0.1, 0.15) is 12.5 Å². The van der Waals surface area contributed by atoms with Crippen LogP contribution in [0.4, 0.5) is 8.78 Å². The zero-order chi connectivity index (χ0) is 6.57. The second-order valence-corrected chi connectivity index (χ2v) is 1.43. The molecular formula is C6H8F2. The summed E-state index contributed by atoms with van der Waals surface area (Å²) in [5.74, 6) is -0.736. The molecule has 0 atom stereocenters. The summed E-state index contributed by atoms with van der Waals surface area (Å²) in [5.41, 5.74) is 0.271. The van der Waals surface area contributed by atoms with Gasteiger partial charge < -0.3 is 0 Å². The highest BCUT2D eigenvalue weighted by Crippen LogP contribution is 2.05. The molecule has 0 unspecified atom stereocenters. The van der Waals surface area contributed by atoms with E-state index in [-0.39, 0.29) is 5.57 Å². The zero-order valence-electron chi connectivity index (χ0n) is 4.75. The van der Waals surface area contributed by atoms with E-state index < -0.39 is 12.5 Å². The van der Waals surface area contributed by atoms with Crippen LogP contribution in [-0.2, 0) is 0 Å². The van der Waals surface area contributed by atoms with Gasteiger partial charge in [-0.2, -0.15) is 0 Å². The molecule has 0 rings (SSSR count). The molecule has 0 aromatic heterocycles. The molecule has 0 saturated heterocycles. The highest BCUT2D eigenvalue weighted by Gasteiger charge is 1.93. The predicted molar refractivity (Wildman–Crippen MR) is 30.0 cm³/mol. The fourth-order valence-corrected chi connectivity index (χ4v) is 0.216. The summed E-state index contributed by atoms with van der Waals surface area (Å²) in [5, 5.41) is 0. The maximum atomic E-state index is 12.0. The molecule has 0 bridgehead atoms. The molecule has 0 aromatic carbocycles. The maximum Gasteiger partial charge on any atom is 0.141 e. The van der Waals surface area contributed by atoms with Gasteiger partial charge in [-0.05, 0) is 12.5 Å². The SMILES string of the molecule is C=C/C(C)=C(\F)CF. The van der Waals surface area contributed by atoms with Crippen molar-refractivity contribution in [2.75, 3.05) is 6.67 Å². The van der Waals surface area contributed by atoms with Crippen LogP contribution in [0.3, 0.4) is 0 Å². The van der Waals surface area contributed by atoms with Gasteiger partial charge in [0.2, 0.25) is 0 Å². The van der Waals surface area contributed by atoms with Crippen LogP contribution in [-0.4, -0.2) is 6.67 Å². The van der Waals surface area contributed by atoms with E-state index in [4.69, 9.17) is 0 Å². The Morgan fingerprint density at radius 1 is 1.75 bits per heavy atom. The first-order valence-electron chi connectivity index (χ1n) is 2.26. The molecule has 0 aliphatic carbocycles. The third kappa shape index (κ3) is 1.87. The Hall–Kier alpha value is -0.660. The molecule has 0 spiro atoms. The second-order valence-electron chi connectivity index (χ2n) is 1.43. The summed E-state index contributed by atoms with van der Waals surface area (Å²) in [4.78, 5) is 0. The van der Waals surface area contributed by atoms with Gasteiger partial charge in [0, 0.05) is 0 Å². The van der Waals surface area contributed by atoms with Gasteiger partial charge in [-0.25, -0.2) is 8.78 Å². The smallest absolute Gasteiger partial charge is 0.141 e. The largest absolute Gasteiger partial charge is 0.243 e. The molecular weight excluding hydrogens is 110 g/mol. The Balaban J connectivity index is 4.03. The van der Waals surface area contributed by atoms with Crippen LogP contribution < -0.4 is 0 Å². The van der Waals surface area contributed by atoms with Gasteiger partial charge in [-0.15, -0.1) is 0 Å². The van der Waals surface area contributed by atoms with Crippen LogP contribution in [0.2, 0.25) is 0 Å². The molecule has 2 heteroatoms. The van der Waals surface area contributed by atoms with Crippen molar-refractivity contribution < 1.29 is 8.78 Å². The molecule has 0 N–H and O–H groups in total. The first kappa shape index (κ1) is 7.34. The lowest BCUT2D eigenvalue weighted by Crippen LogP contribution is -1.79. The first-order valence-corrected chi connectivity index (χ1v) is 2.26. The van der Waals surface area contributed by atoms with Crippen molar-refractivity contribution in [2.24, 2.45) is 0 Å². The van der Waals surface area contributed by atoms with Gasteiger partial charge in [0.05, 0.1) is 0 Å². The number of alkyl halides is 1. The minimum absolute atomic E-state index is 0.271. The molecule has 0 nitrogen and oxygen atoms in total. The Labute approximate surface area is 47.5 Å². The van der Waals surface area contributed by atoms with Crippen LogP contribution in [0.1, 0.15) is 6.92 Å². The van der Waals surface area contributed by atoms with Crippen molar-refractivity contribution in [2.45, 2.75) is 6.92 Å². The first-order chi connectivity index (χ1) is 3.72. The molecule has 0 heterocycles.